The van der Waals surface area contributed by atoms with E-state index < -0.39 is 34.9 Å². The molecule has 0 bridgehead atoms. The summed E-state index contributed by atoms with van der Waals surface area (Å²) in [5.74, 6) is -3.09. The monoisotopic (exact) mass is 555 g/mol. The Hall–Kier alpha value is -4.12. The summed E-state index contributed by atoms with van der Waals surface area (Å²) in [5.41, 5.74) is -0.803. The Balaban J connectivity index is 1.81. The van der Waals surface area contributed by atoms with Gasteiger partial charge in [-0.15, -0.1) is 11.8 Å². The van der Waals surface area contributed by atoms with E-state index in [0.29, 0.717) is 16.2 Å². The number of aromatic nitrogens is 2. The molecule has 0 saturated heterocycles. The first-order valence-corrected chi connectivity index (χ1v) is 12.8. The first-order chi connectivity index (χ1) is 18.8. The highest BCUT2D eigenvalue weighted by atomic mass is 32.2. The summed E-state index contributed by atoms with van der Waals surface area (Å²) in [4.78, 5) is 18.0. The molecule has 200 valence electrons. The maximum atomic E-state index is 15.5. The predicted molar refractivity (Wildman–Crippen MR) is 139 cm³/mol. The number of ether oxygens (including phenoxy) is 1. The van der Waals surface area contributed by atoms with Crippen LogP contribution in [0.25, 0.3) is 11.1 Å². The Bertz CT molecular complexity index is 1670. The van der Waals surface area contributed by atoms with Gasteiger partial charge >= 0.3 is 0 Å². The highest BCUT2D eigenvalue weighted by Crippen LogP contribution is 2.42. The van der Waals surface area contributed by atoms with Gasteiger partial charge in [0.05, 0.1) is 23.7 Å². The molecular weight excluding hydrogens is 534 g/mol. The Morgan fingerprint density at radius 1 is 1.08 bits per heavy atom. The molecule has 3 heterocycles. The van der Waals surface area contributed by atoms with Crippen molar-refractivity contribution < 1.29 is 27.5 Å². The molecule has 2 aromatic carbocycles. The van der Waals surface area contributed by atoms with Crippen LogP contribution in [0.2, 0.25) is 0 Å². The quantitative estimate of drug-likeness (QED) is 0.139. The summed E-state index contributed by atoms with van der Waals surface area (Å²) in [6.45, 7) is 1.58. The number of halogens is 4. The number of thioether (sulfide) groups is 1. The molecule has 1 atom stereocenters. The fourth-order valence-corrected chi connectivity index (χ4v) is 6.19. The standard InChI is InChI=1S/C28H21F4N3O3S/c1-14-16(12-17-18(29)7-4-8-19(17)30)28-35(27(36)23(14)15-6-3-10-22(38-2)24(15)32)21(13-39-28)26(34-37)25-20(31)9-5-11-33-25/h3-11,21,37H,12-13H2,1-2H3/b34-26-. The lowest BCUT2D eigenvalue weighted by Gasteiger charge is -2.21. The van der Waals surface area contributed by atoms with Gasteiger partial charge in [-0.25, -0.2) is 17.6 Å². The van der Waals surface area contributed by atoms with Crippen molar-refractivity contribution >= 4 is 17.5 Å². The minimum atomic E-state index is -1.01. The van der Waals surface area contributed by atoms with Crippen molar-refractivity contribution in [3.05, 3.63) is 111 Å². The summed E-state index contributed by atoms with van der Waals surface area (Å²) >= 11 is 1.18. The average Bonchev–Trinajstić information content (AvgIpc) is 3.35. The molecule has 0 aliphatic carbocycles. The molecule has 0 radical (unpaired) electrons. The molecule has 0 spiro atoms. The minimum absolute atomic E-state index is 0.0619. The fraction of sp³-hybridized carbons (Fsp3) is 0.179. The molecule has 1 unspecified atom stereocenters. The van der Waals surface area contributed by atoms with Crippen LogP contribution < -0.4 is 10.3 Å². The number of nitrogens with zero attached hydrogens (tertiary/aromatic N) is 3. The average molecular weight is 556 g/mol. The second-order valence-electron chi connectivity index (χ2n) is 8.80. The minimum Gasteiger partial charge on any atom is -0.494 e. The van der Waals surface area contributed by atoms with Gasteiger partial charge in [0.25, 0.3) is 5.56 Å². The third-order valence-electron chi connectivity index (χ3n) is 6.72. The van der Waals surface area contributed by atoms with E-state index in [-0.39, 0.29) is 46.0 Å². The van der Waals surface area contributed by atoms with Crippen molar-refractivity contribution in [2.75, 3.05) is 12.9 Å². The highest BCUT2D eigenvalue weighted by Gasteiger charge is 2.36. The lowest BCUT2D eigenvalue weighted by atomic mass is 9.93. The molecule has 11 heteroatoms. The van der Waals surface area contributed by atoms with Crippen molar-refractivity contribution in [1.82, 2.24) is 9.55 Å². The van der Waals surface area contributed by atoms with E-state index in [1.165, 1.54) is 60.0 Å². The van der Waals surface area contributed by atoms with Crippen molar-refractivity contribution in [3.8, 4) is 16.9 Å². The van der Waals surface area contributed by atoms with E-state index >= 15 is 4.39 Å². The molecule has 0 saturated carbocycles. The van der Waals surface area contributed by atoms with Gasteiger partial charge < -0.3 is 9.94 Å². The van der Waals surface area contributed by atoms with E-state index in [9.17, 15) is 23.2 Å². The van der Waals surface area contributed by atoms with Gasteiger partial charge in [-0.2, -0.15) is 0 Å². The van der Waals surface area contributed by atoms with Crippen LogP contribution in [0.3, 0.4) is 0 Å². The number of methoxy groups -OCH3 is 1. The van der Waals surface area contributed by atoms with Gasteiger partial charge in [0.1, 0.15) is 23.0 Å². The highest BCUT2D eigenvalue weighted by molar-refractivity contribution is 7.99. The third kappa shape index (κ3) is 4.46. The van der Waals surface area contributed by atoms with Gasteiger partial charge in [-0.3, -0.25) is 14.3 Å². The number of benzene rings is 2. The lowest BCUT2D eigenvalue weighted by molar-refractivity contribution is 0.315. The van der Waals surface area contributed by atoms with Gasteiger partial charge in [0, 0.05) is 29.5 Å². The molecular formula is C28H21F4N3O3S. The van der Waals surface area contributed by atoms with Crippen LogP contribution in [0.1, 0.15) is 28.4 Å². The predicted octanol–water partition coefficient (Wildman–Crippen LogP) is 5.90. The first-order valence-electron chi connectivity index (χ1n) is 11.8. The molecule has 39 heavy (non-hydrogen) atoms. The second-order valence-corrected chi connectivity index (χ2v) is 9.81. The Morgan fingerprint density at radius 3 is 2.44 bits per heavy atom. The molecule has 6 nitrogen and oxygen atoms in total. The second kappa shape index (κ2) is 10.6. The van der Waals surface area contributed by atoms with Gasteiger partial charge in [-0.05, 0) is 48.4 Å². The SMILES string of the molecule is COc1cccc(-c2c(C)c(Cc3c(F)cccc3F)c3n(c2=O)C(/C(=N/O)c2ncccc2F)CS3)c1F. The van der Waals surface area contributed by atoms with Crippen molar-refractivity contribution in [3.63, 3.8) is 0 Å². The molecule has 0 amide bonds. The van der Waals surface area contributed by atoms with Crippen LogP contribution in [0.4, 0.5) is 17.6 Å². The van der Waals surface area contributed by atoms with Crippen LogP contribution in [-0.2, 0) is 6.42 Å². The molecule has 1 aliphatic rings. The van der Waals surface area contributed by atoms with E-state index in [4.69, 9.17) is 4.74 Å². The Kier molecular flexibility index (Phi) is 7.17. The van der Waals surface area contributed by atoms with Gasteiger partial charge in [0.15, 0.2) is 17.4 Å². The summed E-state index contributed by atoms with van der Waals surface area (Å²) in [6, 6.07) is 9.30. The van der Waals surface area contributed by atoms with Crippen LogP contribution in [0, 0.1) is 30.2 Å². The van der Waals surface area contributed by atoms with E-state index in [0.717, 1.165) is 18.2 Å². The maximum Gasteiger partial charge on any atom is 0.260 e. The molecule has 2 aromatic heterocycles. The van der Waals surface area contributed by atoms with Crippen LogP contribution >= 0.6 is 11.8 Å². The van der Waals surface area contributed by atoms with Crippen LogP contribution in [-0.4, -0.2) is 33.3 Å². The van der Waals surface area contributed by atoms with E-state index in [1.54, 1.807) is 6.92 Å². The Labute approximate surface area is 224 Å². The normalized spacial score (nSPS) is 14.9. The zero-order valence-corrected chi connectivity index (χ0v) is 21.5. The lowest BCUT2D eigenvalue weighted by Crippen LogP contribution is -2.32. The molecule has 4 aromatic rings. The van der Waals surface area contributed by atoms with Crippen LogP contribution in [0.15, 0.2) is 69.7 Å². The topological polar surface area (TPSA) is 76.7 Å². The molecule has 1 aliphatic heterocycles. The number of hydrogen-bond acceptors (Lipinski definition) is 6. The van der Waals surface area contributed by atoms with Crippen molar-refractivity contribution in [2.45, 2.75) is 24.4 Å². The molecule has 0 fully saturated rings. The number of fused-ring (bicyclic) bond motifs is 1. The fourth-order valence-electron chi connectivity index (χ4n) is 4.81. The van der Waals surface area contributed by atoms with E-state index in [1.807, 2.05) is 0 Å². The van der Waals surface area contributed by atoms with Crippen molar-refractivity contribution in [2.24, 2.45) is 5.16 Å². The van der Waals surface area contributed by atoms with Crippen LogP contribution in [0.5, 0.6) is 5.75 Å². The zero-order chi connectivity index (χ0) is 27.8. The maximum absolute atomic E-state index is 15.5. The number of oxime groups is 1. The number of pyridine rings is 2. The molecule has 1 N–H and O–H groups in total. The Morgan fingerprint density at radius 2 is 1.77 bits per heavy atom. The largest absolute Gasteiger partial charge is 0.494 e. The zero-order valence-electron chi connectivity index (χ0n) is 20.7. The number of rotatable bonds is 6. The first kappa shape index (κ1) is 26.5. The smallest absolute Gasteiger partial charge is 0.260 e. The third-order valence-corrected chi connectivity index (χ3v) is 7.92. The van der Waals surface area contributed by atoms with Gasteiger partial charge in [-0.1, -0.05) is 23.4 Å². The molecule has 5 rings (SSSR count). The van der Waals surface area contributed by atoms with E-state index in [2.05, 4.69) is 10.1 Å². The van der Waals surface area contributed by atoms with Crippen molar-refractivity contribution in [1.29, 1.82) is 0 Å². The summed E-state index contributed by atoms with van der Waals surface area (Å²) in [6.07, 6.45) is 1.07. The van der Waals surface area contributed by atoms with Gasteiger partial charge in [0.2, 0.25) is 0 Å². The summed E-state index contributed by atoms with van der Waals surface area (Å²) in [5, 5.41) is 13.5. The summed E-state index contributed by atoms with van der Waals surface area (Å²) < 4.78 is 65.9. The number of hydrogen-bond donors (Lipinski definition) is 1. The summed E-state index contributed by atoms with van der Waals surface area (Å²) in [7, 11) is 1.29.